The highest BCUT2D eigenvalue weighted by molar-refractivity contribution is 5.78. The number of aryl methyl sites for hydroxylation is 1. The van der Waals surface area contributed by atoms with E-state index in [1.54, 1.807) is 6.07 Å². The summed E-state index contributed by atoms with van der Waals surface area (Å²) in [5.41, 5.74) is 0.536. The maximum absolute atomic E-state index is 12.3. The second-order valence-electron chi connectivity index (χ2n) is 7.72. The van der Waals surface area contributed by atoms with Crippen LogP contribution in [0.15, 0.2) is 29.1 Å². The summed E-state index contributed by atoms with van der Waals surface area (Å²) in [5, 5.41) is 3.75. The molecule has 2 N–H and O–H groups in total. The van der Waals surface area contributed by atoms with Crippen LogP contribution < -0.4 is 10.9 Å². The topological polar surface area (TPSA) is 74.8 Å². The zero-order chi connectivity index (χ0) is 17.4. The van der Waals surface area contributed by atoms with Crippen molar-refractivity contribution in [1.82, 2.24) is 15.3 Å². The third kappa shape index (κ3) is 3.32. The second kappa shape index (κ2) is 6.62. The van der Waals surface area contributed by atoms with Crippen molar-refractivity contribution in [3.8, 4) is 0 Å². The van der Waals surface area contributed by atoms with Crippen LogP contribution in [0, 0.1) is 17.8 Å². The zero-order valence-electron chi connectivity index (χ0n) is 14.6. The van der Waals surface area contributed by atoms with Crippen molar-refractivity contribution in [2.24, 2.45) is 17.8 Å². The number of hydrogen-bond acceptors (Lipinski definition) is 3. The maximum atomic E-state index is 12.3. The van der Waals surface area contributed by atoms with Gasteiger partial charge in [0.1, 0.15) is 5.82 Å². The van der Waals surface area contributed by atoms with E-state index in [9.17, 15) is 9.59 Å². The lowest BCUT2D eigenvalue weighted by Crippen LogP contribution is -2.40. The minimum Gasteiger partial charge on any atom is -0.353 e. The van der Waals surface area contributed by atoms with Gasteiger partial charge in [-0.15, -0.1) is 0 Å². The first-order chi connectivity index (χ1) is 12.1. The van der Waals surface area contributed by atoms with Gasteiger partial charge in [-0.2, -0.15) is 0 Å². The first-order valence-corrected chi connectivity index (χ1v) is 9.37. The summed E-state index contributed by atoms with van der Waals surface area (Å²) in [5.74, 6) is 2.96. The lowest BCUT2D eigenvalue weighted by atomic mass is 9.84. The molecular weight excluding hydrogens is 314 g/mol. The molecule has 4 unspecified atom stereocenters. The van der Waals surface area contributed by atoms with Crippen LogP contribution in [0.25, 0.3) is 10.9 Å². The van der Waals surface area contributed by atoms with Crippen molar-refractivity contribution in [1.29, 1.82) is 0 Å². The van der Waals surface area contributed by atoms with Gasteiger partial charge < -0.3 is 10.3 Å². The summed E-state index contributed by atoms with van der Waals surface area (Å²) in [6.45, 7) is 2.14. The monoisotopic (exact) mass is 339 g/mol. The Bertz CT molecular complexity index is 844. The third-order valence-corrected chi connectivity index (χ3v) is 6.07. The summed E-state index contributed by atoms with van der Waals surface area (Å²) in [6.07, 6.45) is 6.14. The van der Waals surface area contributed by atoms with Gasteiger partial charge in [0.05, 0.1) is 10.9 Å². The molecule has 5 nitrogen and oxygen atoms in total. The van der Waals surface area contributed by atoms with Gasteiger partial charge in [-0.25, -0.2) is 4.98 Å². The Kier molecular flexibility index (Phi) is 4.32. The van der Waals surface area contributed by atoms with E-state index in [-0.39, 0.29) is 17.5 Å². The number of fused-ring (bicyclic) bond motifs is 3. The molecule has 1 amide bonds. The molecule has 1 aromatic carbocycles. The summed E-state index contributed by atoms with van der Waals surface area (Å²) < 4.78 is 0. The van der Waals surface area contributed by atoms with Crippen LogP contribution in [0.2, 0.25) is 0 Å². The Morgan fingerprint density at radius 3 is 2.92 bits per heavy atom. The van der Waals surface area contributed by atoms with Gasteiger partial charge >= 0.3 is 0 Å². The minimum absolute atomic E-state index is 0.0473. The fourth-order valence-corrected chi connectivity index (χ4v) is 4.82. The predicted octanol–water partition coefficient (Wildman–Crippen LogP) is 2.80. The number of H-pyrrole nitrogens is 1. The number of rotatable bonds is 5. The molecule has 132 valence electrons. The zero-order valence-corrected chi connectivity index (χ0v) is 14.6. The van der Waals surface area contributed by atoms with Crippen molar-refractivity contribution in [3.63, 3.8) is 0 Å². The van der Waals surface area contributed by atoms with E-state index in [0.717, 1.165) is 11.8 Å². The van der Waals surface area contributed by atoms with Crippen LogP contribution in [0.4, 0.5) is 0 Å². The number of aromatic amines is 1. The van der Waals surface area contributed by atoms with Crippen LogP contribution in [-0.2, 0) is 11.2 Å². The molecule has 2 aromatic rings. The van der Waals surface area contributed by atoms with Crippen molar-refractivity contribution in [2.75, 3.05) is 0 Å². The fourth-order valence-electron chi connectivity index (χ4n) is 4.82. The van der Waals surface area contributed by atoms with Gasteiger partial charge in [-0.1, -0.05) is 18.6 Å². The molecule has 2 aliphatic rings. The molecule has 5 heteroatoms. The van der Waals surface area contributed by atoms with E-state index < -0.39 is 0 Å². The first-order valence-electron chi connectivity index (χ1n) is 9.37. The van der Waals surface area contributed by atoms with Crippen LogP contribution in [0.5, 0.6) is 0 Å². The van der Waals surface area contributed by atoms with Crippen molar-refractivity contribution in [2.45, 2.75) is 51.5 Å². The normalized spacial score (nSPS) is 26.0. The number of aromatic nitrogens is 2. The molecule has 0 radical (unpaired) electrons. The molecule has 2 bridgehead atoms. The fraction of sp³-hybridized carbons (Fsp3) is 0.550. The summed E-state index contributed by atoms with van der Waals surface area (Å²) in [7, 11) is 0. The molecule has 1 heterocycles. The number of carbonyl (C=O) groups excluding carboxylic acids is 1. The van der Waals surface area contributed by atoms with Gasteiger partial charge in [-0.05, 0) is 56.1 Å². The van der Waals surface area contributed by atoms with Crippen LogP contribution in [-0.4, -0.2) is 21.9 Å². The SMILES string of the molecule is CC(NC(=O)CCc1nc2ccccc2c(=O)[nH]1)C1CC2CCC1C2. The Labute approximate surface area is 147 Å². The second-order valence-corrected chi connectivity index (χ2v) is 7.72. The van der Waals surface area contributed by atoms with E-state index in [2.05, 4.69) is 22.2 Å². The maximum Gasteiger partial charge on any atom is 0.258 e. The van der Waals surface area contributed by atoms with Crippen molar-refractivity contribution < 1.29 is 4.79 Å². The Morgan fingerprint density at radius 1 is 1.32 bits per heavy atom. The van der Waals surface area contributed by atoms with E-state index in [1.807, 2.05) is 18.2 Å². The molecule has 1 aromatic heterocycles. The molecule has 2 aliphatic carbocycles. The third-order valence-electron chi connectivity index (χ3n) is 6.07. The molecule has 0 aliphatic heterocycles. The molecule has 0 spiro atoms. The largest absolute Gasteiger partial charge is 0.353 e. The lowest BCUT2D eigenvalue weighted by Gasteiger charge is -2.28. The lowest BCUT2D eigenvalue weighted by molar-refractivity contribution is -0.122. The van der Waals surface area contributed by atoms with Gasteiger partial charge in [0.2, 0.25) is 5.91 Å². The quantitative estimate of drug-likeness (QED) is 0.879. The highest BCUT2D eigenvalue weighted by Gasteiger charge is 2.42. The van der Waals surface area contributed by atoms with Gasteiger partial charge in [0.15, 0.2) is 0 Å². The standard InChI is InChI=1S/C20H25N3O2/c1-12(16-11-13-6-7-14(16)10-13)21-19(24)9-8-18-22-17-5-3-2-4-15(17)20(25)23-18/h2-5,12-14,16H,6-11H2,1H3,(H,21,24)(H,22,23,25). The van der Waals surface area contributed by atoms with E-state index in [4.69, 9.17) is 0 Å². The van der Waals surface area contributed by atoms with Crippen LogP contribution in [0.1, 0.15) is 44.9 Å². The number of carbonyl (C=O) groups is 1. The van der Waals surface area contributed by atoms with Crippen molar-refractivity contribution in [3.05, 3.63) is 40.4 Å². The molecule has 0 saturated heterocycles. The highest BCUT2D eigenvalue weighted by atomic mass is 16.1. The van der Waals surface area contributed by atoms with Gasteiger partial charge in [-0.3, -0.25) is 9.59 Å². The number of amides is 1. The molecule has 25 heavy (non-hydrogen) atoms. The van der Waals surface area contributed by atoms with Gasteiger partial charge in [0, 0.05) is 18.9 Å². The molecule has 4 rings (SSSR count). The minimum atomic E-state index is -0.142. The Morgan fingerprint density at radius 2 is 2.16 bits per heavy atom. The van der Waals surface area contributed by atoms with E-state index in [1.165, 1.54) is 25.7 Å². The Balaban J connectivity index is 1.35. The van der Waals surface area contributed by atoms with E-state index in [0.29, 0.717) is 35.5 Å². The van der Waals surface area contributed by atoms with Crippen molar-refractivity contribution >= 4 is 16.8 Å². The summed E-state index contributed by atoms with van der Waals surface area (Å²) in [4.78, 5) is 31.6. The molecule has 2 saturated carbocycles. The number of para-hydroxylation sites is 1. The smallest absolute Gasteiger partial charge is 0.258 e. The number of nitrogens with zero attached hydrogens (tertiary/aromatic N) is 1. The molecule has 4 atom stereocenters. The van der Waals surface area contributed by atoms with Gasteiger partial charge in [0.25, 0.3) is 5.56 Å². The van der Waals surface area contributed by atoms with Crippen LogP contribution in [0.3, 0.4) is 0 Å². The molecule has 2 fully saturated rings. The number of nitrogens with one attached hydrogen (secondary N) is 2. The Hall–Kier alpha value is -2.17. The number of benzene rings is 1. The van der Waals surface area contributed by atoms with Crippen LogP contribution >= 0.6 is 0 Å². The molecular formula is C20H25N3O2. The first kappa shape index (κ1) is 16.3. The average Bonchev–Trinajstić information content (AvgIpc) is 3.23. The highest BCUT2D eigenvalue weighted by Crippen LogP contribution is 2.49. The van der Waals surface area contributed by atoms with E-state index >= 15 is 0 Å². The predicted molar refractivity (Wildman–Crippen MR) is 97.2 cm³/mol. The number of hydrogen-bond donors (Lipinski definition) is 2. The summed E-state index contributed by atoms with van der Waals surface area (Å²) >= 11 is 0. The summed E-state index contributed by atoms with van der Waals surface area (Å²) in [6, 6.07) is 7.51. The average molecular weight is 339 g/mol.